The van der Waals surface area contributed by atoms with Crippen LogP contribution >= 0.6 is 0 Å². The molecule has 0 aromatic heterocycles. The minimum Gasteiger partial charge on any atom is -0.389 e. The maximum absolute atomic E-state index is 10.1. The molecule has 4 unspecified atom stereocenters. The second-order valence-corrected chi connectivity index (χ2v) is 6.28. The Hall–Kier alpha value is -0.120. The lowest BCUT2D eigenvalue weighted by Crippen LogP contribution is -2.38. The third-order valence-electron chi connectivity index (χ3n) is 4.64. The van der Waals surface area contributed by atoms with Gasteiger partial charge < -0.3 is 15.2 Å². The fraction of sp³-hybridized carbons (Fsp3) is 1.00. The summed E-state index contributed by atoms with van der Waals surface area (Å²) in [5.41, 5.74) is 0. The quantitative estimate of drug-likeness (QED) is 0.645. The molecule has 0 saturated heterocycles. The molecule has 3 nitrogen and oxygen atoms in total. The predicted molar refractivity (Wildman–Crippen MR) is 85.0 cm³/mol. The van der Waals surface area contributed by atoms with E-state index in [0.717, 1.165) is 6.42 Å². The summed E-state index contributed by atoms with van der Waals surface area (Å²) in [5, 5.41) is 13.5. The molecule has 0 aromatic rings. The van der Waals surface area contributed by atoms with Gasteiger partial charge in [0.25, 0.3) is 0 Å². The van der Waals surface area contributed by atoms with Crippen molar-refractivity contribution < 1.29 is 9.84 Å². The largest absolute Gasteiger partial charge is 0.389 e. The molecule has 1 saturated carbocycles. The zero-order valence-electron chi connectivity index (χ0n) is 13.7. The van der Waals surface area contributed by atoms with Crippen LogP contribution in [0.15, 0.2) is 0 Å². The smallest absolute Gasteiger partial charge is 0.0897 e. The third-order valence-corrected chi connectivity index (χ3v) is 4.64. The van der Waals surface area contributed by atoms with Crippen LogP contribution in [0.25, 0.3) is 0 Å². The van der Waals surface area contributed by atoms with Crippen molar-refractivity contribution in [3.8, 4) is 0 Å². The maximum Gasteiger partial charge on any atom is 0.0897 e. The molecule has 3 heteroatoms. The molecule has 0 amide bonds. The standard InChI is InChI=1S/C17H35NO2/c1-4-9-15(6-3)18-12-16(19)13-20-17-11-8-7-10-14(17)5-2/h14-19H,4-13H2,1-3H3. The second kappa shape index (κ2) is 10.6. The van der Waals surface area contributed by atoms with Gasteiger partial charge in [0.2, 0.25) is 0 Å². The lowest BCUT2D eigenvalue weighted by molar-refractivity contribution is -0.0503. The summed E-state index contributed by atoms with van der Waals surface area (Å²) in [7, 11) is 0. The van der Waals surface area contributed by atoms with Gasteiger partial charge in [0.1, 0.15) is 0 Å². The van der Waals surface area contributed by atoms with E-state index in [0.29, 0.717) is 31.2 Å². The molecule has 2 N–H and O–H groups in total. The Morgan fingerprint density at radius 2 is 1.95 bits per heavy atom. The van der Waals surface area contributed by atoms with Crippen molar-refractivity contribution in [2.75, 3.05) is 13.2 Å². The van der Waals surface area contributed by atoms with Gasteiger partial charge in [-0.2, -0.15) is 0 Å². The lowest BCUT2D eigenvalue weighted by atomic mass is 9.85. The van der Waals surface area contributed by atoms with E-state index in [1.165, 1.54) is 44.9 Å². The summed E-state index contributed by atoms with van der Waals surface area (Å²) in [6, 6.07) is 0.535. The molecule has 1 fully saturated rings. The summed E-state index contributed by atoms with van der Waals surface area (Å²) in [6.45, 7) is 7.79. The molecular formula is C17H35NO2. The van der Waals surface area contributed by atoms with Gasteiger partial charge in [0.05, 0.1) is 18.8 Å². The van der Waals surface area contributed by atoms with Crippen molar-refractivity contribution in [3.05, 3.63) is 0 Å². The minimum atomic E-state index is -0.375. The van der Waals surface area contributed by atoms with Crippen LogP contribution in [0.4, 0.5) is 0 Å². The molecule has 20 heavy (non-hydrogen) atoms. The Kier molecular flexibility index (Phi) is 9.49. The molecule has 0 heterocycles. The van der Waals surface area contributed by atoms with E-state index in [1.54, 1.807) is 0 Å². The highest BCUT2D eigenvalue weighted by Crippen LogP contribution is 2.29. The normalized spacial score (nSPS) is 26.4. The Balaban J connectivity index is 2.19. The van der Waals surface area contributed by atoms with Gasteiger partial charge >= 0.3 is 0 Å². The van der Waals surface area contributed by atoms with E-state index in [2.05, 4.69) is 26.1 Å². The van der Waals surface area contributed by atoms with Crippen molar-refractivity contribution in [3.63, 3.8) is 0 Å². The first-order valence-electron chi connectivity index (χ1n) is 8.74. The topological polar surface area (TPSA) is 41.5 Å². The molecule has 1 rings (SSSR count). The molecular weight excluding hydrogens is 250 g/mol. The van der Waals surface area contributed by atoms with Crippen LogP contribution in [0.3, 0.4) is 0 Å². The van der Waals surface area contributed by atoms with Crippen LogP contribution in [-0.2, 0) is 4.74 Å². The highest BCUT2D eigenvalue weighted by Gasteiger charge is 2.24. The van der Waals surface area contributed by atoms with Crippen molar-refractivity contribution in [1.29, 1.82) is 0 Å². The van der Waals surface area contributed by atoms with E-state index in [-0.39, 0.29) is 6.10 Å². The van der Waals surface area contributed by atoms with Gasteiger partial charge in [0, 0.05) is 12.6 Å². The zero-order chi connectivity index (χ0) is 14.8. The molecule has 4 atom stereocenters. The van der Waals surface area contributed by atoms with E-state index in [9.17, 15) is 5.11 Å². The van der Waals surface area contributed by atoms with Crippen molar-refractivity contribution in [1.82, 2.24) is 5.32 Å². The highest BCUT2D eigenvalue weighted by molar-refractivity contribution is 4.76. The molecule has 120 valence electrons. The summed E-state index contributed by atoms with van der Waals surface area (Å²) in [5.74, 6) is 0.701. The fourth-order valence-electron chi connectivity index (χ4n) is 3.26. The summed E-state index contributed by atoms with van der Waals surface area (Å²) in [4.78, 5) is 0. The summed E-state index contributed by atoms with van der Waals surface area (Å²) < 4.78 is 5.98. The molecule has 1 aliphatic carbocycles. The minimum absolute atomic E-state index is 0.375. The highest BCUT2D eigenvalue weighted by atomic mass is 16.5. The second-order valence-electron chi connectivity index (χ2n) is 6.28. The van der Waals surface area contributed by atoms with Crippen LogP contribution in [0.5, 0.6) is 0 Å². The zero-order valence-corrected chi connectivity index (χ0v) is 13.7. The average molecular weight is 285 g/mol. The Morgan fingerprint density at radius 3 is 2.60 bits per heavy atom. The first kappa shape index (κ1) is 17.9. The molecule has 0 spiro atoms. The van der Waals surface area contributed by atoms with Crippen LogP contribution < -0.4 is 5.32 Å². The summed E-state index contributed by atoms with van der Waals surface area (Å²) in [6.07, 6.45) is 9.80. The van der Waals surface area contributed by atoms with Gasteiger partial charge in [-0.05, 0) is 31.6 Å². The number of nitrogens with one attached hydrogen (secondary N) is 1. The van der Waals surface area contributed by atoms with E-state index in [4.69, 9.17) is 4.74 Å². The predicted octanol–water partition coefficient (Wildman–Crippen LogP) is 3.50. The van der Waals surface area contributed by atoms with E-state index in [1.807, 2.05) is 0 Å². The van der Waals surface area contributed by atoms with E-state index >= 15 is 0 Å². The van der Waals surface area contributed by atoms with Crippen molar-refractivity contribution in [2.24, 2.45) is 5.92 Å². The Bertz CT molecular complexity index is 235. The first-order chi connectivity index (χ1) is 9.71. The van der Waals surface area contributed by atoms with Crippen LogP contribution in [-0.4, -0.2) is 36.5 Å². The molecule has 0 aliphatic heterocycles. The monoisotopic (exact) mass is 285 g/mol. The van der Waals surface area contributed by atoms with Gasteiger partial charge in [0.15, 0.2) is 0 Å². The molecule has 1 aliphatic rings. The number of aliphatic hydroxyl groups excluding tert-OH is 1. The number of aliphatic hydroxyl groups is 1. The van der Waals surface area contributed by atoms with Crippen LogP contribution in [0, 0.1) is 5.92 Å². The van der Waals surface area contributed by atoms with Gasteiger partial charge in [-0.1, -0.05) is 46.5 Å². The summed E-state index contributed by atoms with van der Waals surface area (Å²) >= 11 is 0. The van der Waals surface area contributed by atoms with Gasteiger partial charge in [-0.25, -0.2) is 0 Å². The van der Waals surface area contributed by atoms with Crippen molar-refractivity contribution in [2.45, 2.75) is 90.4 Å². The fourth-order valence-corrected chi connectivity index (χ4v) is 3.26. The average Bonchev–Trinajstić information content (AvgIpc) is 2.49. The number of hydrogen-bond acceptors (Lipinski definition) is 3. The van der Waals surface area contributed by atoms with Crippen LogP contribution in [0.2, 0.25) is 0 Å². The van der Waals surface area contributed by atoms with Gasteiger partial charge in [-0.15, -0.1) is 0 Å². The Labute approximate surface area is 125 Å². The van der Waals surface area contributed by atoms with Gasteiger partial charge in [-0.3, -0.25) is 0 Å². The number of rotatable bonds is 10. The van der Waals surface area contributed by atoms with E-state index < -0.39 is 0 Å². The molecule has 0 aromatic carbocycles. The lowest BCUT2D eigenvalue weighted by Gasteiger charge is -2.31. The maximum atomic E-state index is 10.1. The molecule has 0 radical (unpaired) electrons. The number of ether oxygens (including phenoxy) is 1. The third kappa shape index (κ3) is 6.55. The Morgan fingerprint density at radius 1 is 1.20 bits per heavy atom. The van der Waals surface area contributed by atoms with Crippen molar-refractivity contribution >= 4 is 0 Å². The molecule has 0 bridgehead atoms. The SMILES string of the molecule is CCCC(CC)NCC(O)COC1CCCCC1CC. The number of hydrogen-bond donors (Lipinski definition) is 2. The van der Waals surface area contributed by atoms with Crippen LogP contribution in [0.1, 0.15) is 72.1 Å². The first-order valence-corrected chi connectivity index (χ1v) is 8.74.